The fourth-order valence-electron chi connectivity index (χ4n) is 2.63. The molecular weight excluding hydrogens is 308 g/mol. The van der Waals surface area contributed by atoms with Crippen LogP contribution < -0.4 is 10.9 Å². The van der Waals surface area contributed by atoms with Gasteiger partial charge in [0.25, 0.3) is 5.56 Å². The van der Waals surface area contributed by atoms with Gasteiger partial charge in [-0.25, -0.2) is 0 Å². The van der Waals surface area contributed by atoms with E-state index in [0.29, 0.717) is 13.1 Å². The number of aromatic amines is 1. The van der Waals surface area contributed by atoms with Gasteiger partial charge in [-0.3, -0.25) is 4.79 Å². The molecule has 3 rings (SSSR count). The number of benzene rings is 2. The lowest BCUT2D eigenvalue weighted by Crippen LogP contribution is -2.20. The van der Waals surface area contributed by atoms with Crippen LogP contribution in [0.4, 0.5) is 0 Å². The summed E-state index contributed by atoms with van der Waals surface area (Å²) < 4.78 is 0. The second-order valence-corrected chi connectivity index (χ2v) is 6.00. The second kappa shape index (κ2) is 6.99. The Labute approximate surface area is 140 Å². The van der Waals surface area contributed by atoms with Crippen LogP contribution in [0.5, 0.6) is 0 Å². The molecular formula is C19H19ClN2O. The molecule has 3 nitrogen and oxygen atoms in total. The van der Waals surface area contributed by atoms with Crippen LogP contribution in [0.1, 0.15) is 23.6 Å². The van der Waals surface area contributed by atoms with Gasteiger partial charge in [-0.2, -0.15) is 0 Å². The summed E-state index contributed by atoms with van der Waals surface area (Å²) in [6.45, 7) is 3.26. The number of hydrogen-bond acceptors (Lipinski definition) is 2. The Morgan fingerprint density at radius 3 is 2.61 bits per heavy atom. The third-order valence-electron chi connectivity index (χ3n) is 3.98. The van der Waals surface area contributed by atoms with Crippen molar-refractivity contribution in [3.8, 4) is 0 Å². The van der Waals surface area contributed by atoms with Crippen LogP contribution in [-0.2, 0) is 19.5 Å². The highest BCUT2D eigenvalue weighted by molar-refractivity contribution is 6.31. The fraction of sp³-hybridized carbons (Fsp3) is 0.211. The third kappa shape index (κ3) is 3.63. The second-order valence-electron chi connectivity index (χ2n) is 5.59. The first-order valence-electron chi connectivity index (χ1n) is 7.76. The predicted octanol–water partition coefficient (Wildman–Crippen LogP) is 4.03. The number of H-pyrrole nitrogens is 1. The van der Waals surface area contributed by atoms with Crippen molar-refractivity contribution in [2.24, 2.45) is 0 Å². The van der Waals surface area contributed by atoms with Crippen LogP contribution >= 0.6 is 11.6 Å². The molecule has 0 saturated carbocycles. The molecule has 2 aromatic carbocycles. The SMILES string of the molecule is CCc1ccc2[nH]c(=O)c(CNCc3ccccc3Cl)cc2c1. The molecule has 118 valence electrons. The van der Waals surface area contributed by atoms with Crippen LogP contribution in [0.15, 0.2) is 53.3 Å². The van der Waals surface area contributed by atoms with Crippen molar-refractivity contribution in [3.05, 3.63) is 80.6 Å². The first-order chi connectivity index (χ1) is 11.2. The standard InChI is InChI=1S/C19H19ClN2O/c1-2-13-7-8-18-15(9-13)10-16(19(23)22-18)12-21-11-14-5-3-4-6-17(14)20/h3-10,21H,2,11-12H2,1H3,(H,22,23). The highest BCUT2D eigenvalue weighted by atomic mass is 35.5. The Morgan fingerprint density at radius 2 is 1.83 bits per heavy atom. The first kappa shape index (κ1) is 15.8. The largest absolute Gasteiger partial charge is 0.322 e. The van der Waals surface area contributed by atoms with Gasteiger partial charge in [-0.15, -0.1) is 0 Å². The van der Waals surface area contributed by atoms with Gasteiger partial charge < -0.3 is 10.3 Å². The van der Waals surface area contributed by atoms with E-state index >= 15 is 0 Å². The van der Waals surface area contributed by atoms with Gasteiger partial charge >= 0.3 is 0 Å². The molecule has 3 aromatic rings. The quantitative estimate of drug-likeness (QED) is 0.743. The summed E-state index contributed by atoms with van der Waals surface area (Å²) in [5.41, 5.74) is 3.85. The predicted molar refractivity (Wildman–Crippen MR) is 95.9 cm³/mol. The molecule has 23 heavy (non-hydrogen) atoms. The molecule has 2 N–H and O–H groups in total. The van der Waals surface area contributed by atoms with Crippen molar-refractivity contribution >= 4 is 22.5 Å². The van der Waals surface area contributed by atoms with E-state index in [1.54, 1.807) is 0 Å². The molecule has 0 saturated heterocycles. The minimum Gasteiger partial charge on any atom is -0.322 e. The average molecular weight is 327 g/mol. The molecule has 0 atom stereocenters. The van der Waals surface area contributed by atoms with E-state index in [2.05, 4.69) is 23.3 Å². The van der Waals surface area contributed by atoms with Crippen LogP contribution in [0.2, 0.25) is 5.02 Å². The van der Waals surface area contributed by atoms with Gasteiger partial charge in [0.15, 0.2) is 0 Å². The fourth-order valence-corrected chi connectivity index (χ4v) is 2.83. The molecule has 0 fully saturated rings. The van der Waals surface area contributed by atoms with Gasteiger partial charge in [0.1, 0.15) is 0 Å². The number of aromatic nitrogens is 1. The summed E-state index contributed by atoms with van der Waals surface area (Å²) in [5.74, 6) is 0. The van der Waals surface area contributed by atoms with Crippen molar-refractivity contribution in [1.82, 2.24) is 10.3 Å². The van der Waals surface area contributed by atoms with E-state index in [1.807, 2.05) is 42.5 Å². The lowest BCUT2D eigenvalue weighted by molar-refractivity contribution is 0.689. The Balaban J connectivity index is 1.78. The minimum atomic E-state index is -0.0478. The number of rotatable bonds is 5. The Hall–Kier alpha value is -2.10. The van der Waals surface area contributed by atoms with Crippen LogP contribution in [0.3, 0.4) is 0 Å². The van der Waals surface area contributed by atoms with Crippen molar-refractivity contribution in [1.29, 1.82) is 0 Å². The molecule has 0 amide bonds. The van der Waals surface area contributed by atoms with Crippen LogP contribution in [0, 0.1) is 0 Å². The Kier molecular flexibility index (Phi) is 4.79. The van der Waals surface area contributed by atoms with Crippen LogP contribution in [0.25, 0.3) is 10.9 Å². The van der Waals surface area contributed by atoms with Crippen molar-refractivity contribution in [2.75, 3.05) is 0 Å². The van der Waals surface area contributed by atoms with E-state index in [0.717, 1.165) is 33.5 Å². The summed E-state index contributed by atoms with van der Waals surface area (Å²) >= 11 is 6.14. The van der Waals surface area contributed by atoms with Crippen molar-refractivity contribution in [2.45, 2.75) is 26.4 Å². The number of hydrogen-bond donors (Lipinski definition) is 2. The van der Waals surface area contributed by atoms with E-state index in [9.17, 15) is 4.79 Å². The summed E-state index contributed by atoms with van der Waals surface area (Å²) in [7, 11) is 0. The third-order valence-corrected chi connectivity index (χ3v) is 4.35. The average Bonchev–Trinajstić information content (AvgIpc) is 2.56. The highest BCUT2D eigenvalue weighted by Gasteiger charge is 2.04. The molecule has 0 aliphatic carbocycles. The van der Waals surface area contributed by atoms with Gasteiger partial charge in [-0.05, 0) is 47.2 Å². The smallest absolute Gasteiger partial charge is 0.252 e. The zero-order chi connectivity index (χ0) is 16.2. The summed E-state index contributed by atoms with van der Waals surface area (Å²) in [5, 5.41) is 5.09. The van der Waals surface area contributed by atoms with Gasteiger partial charge in [0.2, 0.25) is 0 Å². The van der Waals surface area contributed by atoms with Crippen molar-refractivity contribution < 1.29 is 0 Å². The zero-order valence-electron chi connectivity index (χ0n) is 13.0. The first-order valence-corrected chi connectivity index (χ1v) is 8.14. The lowest BCUT2D eigenvalue weighted by Gasteiger charge is -2.08. The Bertz CT molecular complexity index is 886. The molecule has 1 aromatic heterocycles. The zero-order valence-corrected chi connectivity index (χ0v) is 13.8. The number of aryl methyl sites for hydroxylation is 1. The van der Waals surface area contributed by atoms with Crippen LogP contribution in [-0.4, -0.2) is 4.98 Å². The number of fused-ring (bicyclic) bond motifs is 1. The molecule has 4 heteroatoms. The maximum Gasteiger partial charge on any atom is 0.252 e. The topological polar surface area (TPSA) is 44.9 Å². The highest BCUT2D eigenvalue weighted by Crippen LogP contribution is 2.16. The van der Waals surface area contributed by atoms with Gasteiger partial charge in [0.05, 0.1) is 0 Å². The molecule has 1 heterocycles. The van der Waals surface area contributed by atoms with E-state index in [-0.39, 0.29) is 5.56 Å². The molecule has 0 aliphatic heterocycles. The molecule has 0 bridgehead atoms. The number of pyridine rings is 1. The maximum absolute atomic E-state index is 12.2. The summed E-state index contributed by atoms with van der Waals surface area (Å²) in [6, 6.07) is 15.8. The summed E-state index contributed by atoms with van der Waals surface area (Å²) in [6.07, 6.45) is 0.981. The minimum absolute atomic E-state index is 0.0478. The molecule has 0 radical (unpaired) electrons. The maximum atomic E-state index is 12.2. The lowest BCUT2D eigenvalue weighted by atomic mass is 10.1. The van der Waals surface area contributed by atoms with E-state index in [4.69, 9.17) is 11.6 Å². The number of halogens is 1. The molecule has 0 unspecified atom stereocenters. The van der Waals surface area contributed by atoms with E-state index in [1.165, 1.54) is 5.56 Å². The number of nitrogens with one attached hydrogen (secondary N) is 2. The van der Waals surface area contributed by atoms with Crippen molar-refractivity contribution in [3.63, 3.8) is 0 Å². The van der Waals surface area contributed by atoms with Gasteiger partial charge in [-0.1, -0.05) is 42.8 Å². The van der Waals surface area contributed by atoms with Gasteiger partial charge in [0, 0.05) is 29.2 Å². The molecule has 0 aliphatic rings. The Morgan fingerprint density at radius 1 is 1.04 bits per heavy atom. The molecule has 0 spiro atoms. The summed E-state index contributed by atoms with van der Waals surface area (Å²) in [4.78, 5) is 15.1. The van der Waals surface area contributed by atoms with E-state index < -0.39 is 0 Å². The normalized spacial score (nSPS) is 11.0. The monoisotopic (exact) mass is 326 g/mol.